The van der Waals surface area contributed by atoms with Crippen LogP contribution in [0.15, 0.2) is 56.6 Å². The summed E-state index contributed by atoms with van der Waals surface area (Å²) in [7, 11) is -3.82. The molecule has 2 aromatic carbocycles. The highest BCUT2D eigenvalue weighted by Gasteiger charge is 2.40. The van der Waals surface area contributed by atoms with Gasteiger partial charge in [0.05, 0.1) is 4.90 Å². The molecule has 8 heteroatoms. The van der Waals surface area contributed by atoms with Crippen LogP contribution in [0.5, 0.6) is 0 Å². The number of amides is 1. The van der Waals surface area contributed by atoms with Crippen molar-refractivity contribution >= 4 is 32.6 Å². The van der Waals surface area contributed by atoms with Crippen molar-refractivity contribution in [1.82, 2.24) is 4.31 Å². The lowest BCUT2D eigenvalue weighted by Gasteiger charge is -2.25. The number of rotatable bonds is 4. The Hall–Kier alpha value is -2.97. The van der Waals surface area contributed by atoms with Gasteiger partial charge in [0.2, 0.25) is 15.9 Å². The zero-order valence-corrected chi connectivity index (χ0v) is 18.5. The quantitative estimate of drug-likeness (QED) is 0.626. The molecule has 7 nitrogen and oxygen atoms in total. The maximum atomic E-state index is 13.5. The predicted octanol–water partition coefficient (Wildman–Crippen LogP) is 3.51. The zero-order chi connectivity index (χ0) is 22.3. The number of carbonyl (C=O) groups excluding carboxylic acids is 1. The van der Waals surface area contributed by atoms with Crippen molar-refractivity contribution in [2.45, 2.75) is 44.6 Å². The van der Waals surface area contributed by atoms with Crippen LogP contribution in [0.4, 0.5) is 5.69 Å². The lowest BCUT2D eigenvalue weighted by Crippen LogP contribution is -2.43. The molecule has 0 radical (unpaired) electrons. The van der Waals surface area contributed by atoms with Gasteiger partial charge >= 0.3 is 5.63 Å². The highest BCUT2D eigenvalue weighted by Crippen LogP contribution is 2.31. The molecule has 162 valence electrons. The summed E-state index contributed by atoms with van der Waals surface area (Å²) in [6.07, 6.45) is 1.07. The predicted molar refractivity (Wildman–Crippen MR) is 119 cm³/mol. The van der Waals surface area contributed by atoms with E-state index in [1.807, 2.05) is 19.1 Å². The summed E-state index contributed by atoms with van der Waals surface area (Å²) in [5, 5.41) is 3.48. The standard InChI is InChI=1S/C23H24N2O5S/c1-14-11-15(2)22(16(3)12-14)31(28,29)25-10-4-5-19(25)23(27)24-18-7-8-20-17(13-18)6-9-21(26)30-20/h6-9,11-13,19H,4-5,10H2,1-3H3,(H,24,27). The molecule has 0 aliphatic carbocycles. The van der Waals surface area contributed by atoms with Gasteiger partial charge < -0.3 is 9.73 Å². The van der Waals surface area contributed by atoms with E-state index in [9.17, 15) is 18.0 Å². The molecule has 3 aromatic rings. The summed E-state index contributed by atoms with van der Waals surface area (Å²) in [6, 6.07) is 10.8. The fourth-order valence-electron chi connectivity index (χ4n) is 4.36. The second-order valence-corrected chi connectivity index (χ2v) is 9.83. The van der Waals surface area contributed by atoms with Gasteiger partial charge in [-0.3, -0.25) is 4.79 Å². The third-order valence-electron chi connectivity index (χ3n) is 5.56. The molecule has 31 heavy (non-hydrogen) atoms. The number of nitrogens with one attached hydrogen (secondary N) is 1. The number of benzene rings is 2. The maximum Gasteiger partial charge on any atom is 0.336 e. The Morgan fingerprint density at radius 2 is 1.77 bits per heavy atom. The van der Waals surface area contributed by atoms with E-state index >= 15 is 0 Å². The average Bonchev–Trinajstić information content (AvgIpc) is 3.18. The number of aryl methyl sites for hydroxylation is 3. The third kappa shape index (κ3) is 4.00. The van der Waals surface area contributed by atoms with Gasteiger partial charge in [-0.15, -0.1) is 0 Å². The van der Waals surface area contributed by atoms with Crippen LogP contribution in [0.25, 0.3) is 11.0 Å². The van der Waals surface area contributed by atoms with E-state index in [2.05, 4.69) is 5.32 Å². The van der Waals surface area contributed by atoms with E-state index in [0.29, 0.717) is 47.2 Å². The number of hydrogen-bond donors (Lipinski definition) is 1. The van der Waals surface area contributed by atoms with E-state index in [0.717, 1.165) is 5.56 Å². The normalized spacial score (nSPS) is 17.2. The van der Waals surface area contributed by atoms with E-state index < -0.39 is 21.7 Å². The lowest BCUT2D eigenvalue weighted by atomic mass is 10.1. The first kappa shape index (κ1) is 21.3. The first-order valence-corrected chi connectivity index (χ1v) is 11.6. The fraction of sp³-hybridized carbons (Fsp3) is 0.304. The molecule has 1 atom stereocenters. The summed E-state index contributed by atoms with van der Waals surface area (Å²) >= 11 is 0. The number of anilines is 1. The first-order valence-electron chi connectivity index (χ1n) is 10.1. The van der Waals surface area contributed by atoms with Gasteiger partial charge in [0.1, 0.15) is 11.6 Å². The van der Waals surface area contributed by atoms with Crippen LogP contribution in [-0.4, -0.2) is 31.2 Å². The molecule has 1 amide bonds. The zero-order valence-electron chi connectivity index (χ0n) is 17.6. The van der Waals surface area contributed by atoms with Crippen LogP contribution in [0.3, 0.4) is 0 Å². The highest BCUT2D eigenvalue weighted by molar-refractivity contribution is 7.89. The number of fused-ring (bicyclic) bond motifs is 1. The molecule has 1 aliphatic rings. The fourth-order valence-corrected chi connectivity index (χ4v) is 6.43. The van der Waals surface area contributed by atoms with Crippen molar-refractivity contribution in [3.05, 3.63) is 69.6 Å². The molecule has 4 rings (SSSR count). The molecule has 1 fully saturated rings. The molecule has 1 saturated heterocycles. The van der Waals surface area contributed by atoms with Crippen LogP contribution in [0, 0.1) is 20.8 Å². The Bertz CT molecular complexity index is 1320. The molecule has 1 N–H and O–H groups in total. The first-order chi connectivity index (χ1) is 14.7. The Labute approximate surface area is 180 Å². The van der Waals surface area contributed by atoms with Gasteiger partial charge in [-0.05, 0) is 69.0 Å². The molecule has 1 unspecified atom stereocenters. The van der Waals surface area contributed by atoms with E-state index in [1.165, 1.54) is 10.4 Å². The number of hydrogen-bond acceptors (Lipinski definition) is 5. The van der Waals surface area contributed by atoms with Gasteiger partial charge in [0.25, 0.3) is 0 Å². The summed E-state index contributed by atoms with van der Waals surface area (Å²) in [6.45, 7) is 5.80. The van der Waals surface area contributed by atoms with E-state index in [1.54, 1.807) is 38.1 Å². The minimum absolute atomic E-state index is 0.276. The maximum absolute atomic E-state index is 13.5. The minimum atomic E-state index is -3.82. The molecule has 1 aliphatic heterocycles. The van der Waals surface area contributed by atoms with Gasteiger partial charge in [-0.25, -0.2) is 13.2 Å². The number of sulfonamides is 1. The molecule has 1 aromatic heterocycles. The summed E-state index contributed by atoms with van der Waals surface area (Å²) < 4.78 is 33.4. The molecule has 0 bridgehead atoms. The van der Waals surface area contributed by atoms with Gasteiger partial charge in [-0.2, -0.15) is 4.31 Å². The van der Waals surface area contributed by atoms with Crippen LogP contribution in [-0.2, 0) is 14.8 Å². The van der Waals surface area contributed by atoms with E-state index in [4.69, 9.17) is 4.42 Å². The summed E-state index contributed by atoms with van der Waals surface area (Å²) in [4.78, 5) is 24.6. The minimum Gasteiger partial charge on any atom is -0.423 e. The molecular weight excluding hydrogens is 416 g/mol. The molecule has 0 spiro atoms. The Balaban J connectivity index is 1.62. The third-order valence-corrected chi connectivity index (χ3v) is 7.78. The molecular formula is C23H24N2O5S. The molecule has 0 saturated carbocycles. The van der Waals surface area contributed by atoms with Crippen molar-refractivity contribution in [2.75, 3.05) is 11.9 Å². The number of carbonyl (C=O) groups is 1. The Morgan fingerprint density at radius 1 is 1.06 bits per heavy atom. The van der Waals surface area contributed by atoms with Crippen molar-refractivity contribution in [1.29, 1.82) is 0 Å². The summed E-state index contributed by atoms with van der Waals surface area (Å²) in [5.74, 6) is -0.375. The lowest BCUT2D eigenvalue weighted by molar-refractivity contribution is -0.119. The topological polar surface area (TPSA) is 96.7 Å². The highest BCUT2D eigenvalue weighted by atomic mass is 32.2. The SMILES string of the molecule is Cc1cc(C)c(S(=O)(=O)N2CCCC2C(=O)Nc2ccc3oc(=O)ccc3c2)c(C)c1. The smallest absolute Gasteiger partial charge is 0.336 e. The monoisotopic (exact) mass is 440 g/mol. The van der Waals surface area contributed by atoms with Crippen molar-refractivity contribution in [3.8, 4) is 0 Å². The average molecular weight is 441 g/mol. The van der Waals surface area contributed by atoms with Gasteiger partial charge in [0.15, 0.2) is 0 Å². The van der Waals surface area contributed by atoms with Crippen LogP contribution in [0.1, 0.15) is 29.5 Å². The Kier molecular flexibility index (Phi) is 5.45. The Morgan fingerprint density at radius 3 is 2.48 bits per heavy atom. The van der Waals surface area contributed by atoms with Crippen LogP contribution >= 0.6 is 0 Å². The molecule has 2 heterocycles. The largest absolute Gasteiger partial charge is 0.423 e. The number of nitrogens with zero attached hydrogens (tertiary/aromatic N) is 1. The van der Waals surface area contributed by atoms with Crippen molar-refractivity contribution < 1.29 is 17.6 Å². The van der Waals surface area contributed by atoms with Crippen LogP contribution < -0.4 is 10.9 Å². The van der Waals surface area contributed by atoms with Crippen LogP contribution in [0.2, 0.25) is 0 Å². The van der Waals surface area contributed by atoms with E-state index in [-0.39, 0.29) is 10.8 Å². The summed E-state index contributed by atoms with van der Waals surface area (Å²) in [5.41, 5.74) is 2.84. The van der Waals surface area contributed by atoms with Gasteiger partial charge in [-0.1, -0.05) is 17.7 Å². The second kappa shape index (κ2) is 7.94. The van der Waals surface area contributed by atoms with Gasteiger partial charge in [0, 0.05) is 23.7 Å². The van der Waals surface area contributed by atoms with Crippen molar-refractivity contribution in [2.24, 2.45) is 0 Å². The van der Waals surface area contributed by atoms with Crippen molar-refractivity contribution in [3.63, 3.8) is 0 Å². The second-order valence-electron chi connectivity index (χ2n) is 8.00.